The second kappa shape index (κ2) is 7.03. The van der Waals surface area contributed by atoms with Crippen LogP contribution in [0.15, 0.2) is 65.7 Å². The van der Waals surface area contributed by atoms with Crippen LogP contribution in [0.1, 0.15) is 24.2 Å². The van der Waals surface area contributed by atoms with E-state index in [1.807, 2.05) is 55.5 Å². The van der Waals surface area contributed by atoms with E-state index in [0.717, 1.165) is 16.6 Å². The number of fused-ring (bicyclic) bond motifs is 1. The third-order valence-corrected chi connectivity index (χ3v) is 4.80. The average molecular weight is 361 g/mol. The van der Waals surface area contributed by atoms with Gasteiger partial charge in [-0.15, -0.1) is 0 Å². The summed E-state index contributed by atoms with van der Waals surface area (Å²) in [6.07, 6.45) is 3.35. The maximum atomic E-state index is 12.7. The number of amides is 1. The number of hydrogen-bond acceptors (Lipinski definition) is 5. The van der Waals surface area contributed by atoms with Crippen molar-refractivity contribution < 1.29 is 9.32 Å². The van der Waals surface area contributed by atoms with Crippen LogP contribution >= 0.6 is 0 Å². The molecule has 0 bridgehead atoms. The quantitative estimate of drug-likeness (QED) is 0.546. The first-order valence-electron chi connectivity index (χ1n) is 8.67. The summed E-state index contributed by atoms with van der Waals surface area (Å²) in [5.74, 6) is -0.0121. The fraction of sp³-hybridized carbons (Fsp3) is 0.200. The minimum absolute atomic E-state index is 0.0121. The van der Waals surface area contributed by atoms with Crippen LogP contribution in [-0.2, 0) is 11.2 Å². The van der Waals surface area contributed by atoms with E-state index in [1.54, 1.807) is 23.0 Å². The van der Waals surface area contributed by atoms with Crippen molar-refractivity contribution in [2.24, 2.45) is 0 Å². The Kier molecular flexibility index (Phi) is 4.42. The van der Waals surface area contributed by atoms with Gasteiger partial charge < -0.3 is 9.42 Å². The van der Waals surface area contributed by atoms with Gasteiger partial charge in [0, 0.05) is 12.4 Å². The van der Waals surface area contributed by atoms with Gasteiger partial charge in [0.25, 0.3) is 0 Å². The van der Waals surface area contributed by atoms with E-state index in [9.17, 15) is 4.79 Å². The summed E-state index contributed by atoms with van der Waals surface area (Å²) in [7, 11) is 1.81. The lowest BCUT2D eigenvalue weighted by atomic mass is 10.1. The SMILES string of the molecule is CC(c1ccc(-n2cncn2)cc1)N(C)C(=O)Cc1noc2ccccc12. The minimum atomic E-state index is -0.0690. The molecule has 4 rings (SSSR count). The maximum absolute atomic E-state index is 12.7. The first kappa shape index (κ1) is 17.0. The van der Waals surface area contributed by atoms with Gasteiger partial charge >= 0.3 is 0 Å². The number of carbonyl (C=O) groups excluding carboxylic acids is 1. The van der Waals surface area contributed by atoms with Crippen molar-refractivity contribution in [2.75, 3.05) is 7.05 Å². The Labute approximate surface area is 156 Å². The maximum Gasteiger partial charge on any atom is 0.228 e. The van der Waals surface area contributed by atoms with Crippen molar-refractivity contribution in [3.05, 3.63) is 72.4 Å². The Morgan fingerprint density at radius 1 is 1.19 bits per heavy atom. The molecular weight excluding hydrogens is 342 g/mol. The minimum Gasteiger partial charge on any atom is -0.356 e. The summed E-state index contributed by atoms with van der Waals surface area (Å²) in [6.45, 7) is 2.00. The first-order valence-corrected chi connectivity index (χ1v) is 8.67. The molecule has 0 saturated heterocycles. The number of benzene rings is 2. The summed E-state index contributed by atoms with van der Waals surface area (Å²) in [4.78, 5) is 18.4. The van der Waals surface area contributed by atoms with Crippen molar-refractivity contribution in [1.82, 2.24) is 24.8 Å². The fourth-order valence-corrected chi connectivity index (χ4v) is 3.02. The molecule has 1 amide bonds. The zero-order chi connectivity index (χ0) is 18.8. The van der Waals surface area contributed by atoms with Gasteiger partial charge in [-0.2, -0.15) is 5.10 Å². The lowest BCUT2D eigenvalue weighted by Crippen LogP contribution is -2.31. The van der Waals surface area contributed by atoms with Gasteiger partial charge in [-0.1, -0.05) is 29.4 Å². The van der Waals surface area contributed by atoms with Crippen LogP contribution in [0.3, 0.4) is 0 Å². The molecule has 2 aromatic heterocycles. The highest BCUT2D eigenvalue weighted by atomic mass is 16.5. The topological polar surface area (TPSA) is 77.1 Å². The number of rotatable bonds is 5. The lowest BCUT2D eigenvalue weighted by molar-refractivity contribution is -0.131. The molecule has 1 atom stereocenters. The Bertz CT molecular complexity index is 1050. The standard InChI is InChI=1S/C20H19N5O2/c1-14(15-7-9-16(10-8-15)25-13-21-12-22-25)24(2)20(26)11-18-17-5-3-4-6-19(17)27-23-18/h3-10,12-14H,11H2,1-2H3. The molecule has 0 radical (unpaired) electrons. The van der Waals surface area contributed by atoms with E-state index >= 15 is 0 Å². The highest BCUT2D eigenvalue weighted by Crippen LogP contribution is 2.23. The Balaban J connectivity index is 1.48. The summed E-state index contributed by atoms with van der Waals surface area (Å²) < 4.78 is 6.98. The molecule has 0 saturated carbocycles. The molecule has 7 heteroatoms. The van der Waals surface area contributed by atoms with Gasteiger partial charge in [-0.25, -0.2) is 9.67 Å². The summed E-state index contributed by atoms with van der Waals surface area (Å²) in [5.41, 5.74) is 3.32. The molecule has 0 aliphatic rings. The van der Waals surface area contributed by atoms with Crippen LogP contribution in [0.4, 0.5) is 0 Å². The van der Waals surface area contributed by atoms with Crippen LogP contribution in [0.2, 0.25) is 0 Å². The molecule has 2 aromatic carbocycles. The van der Waals surface area contributed by atoms with Crippen LogP contribution < -0.4 is 0 Å². The Morgan fingerprint density at radius 3 is 2.70 bits per heavy atom. The third kappa shape index (κ3) is 3.31. The molecule has 7 nitrogen and oxygen atoms in total. The molecular formula is C20H19N5O2. The smallest absolute Gasteiger partial charge is 0.228 e. The molecule has 1 unspecified atom stereocenters. The number of carbonyl (C=O) groups is 1. The Morgan fingerprint density at radius 2 is 1.96 bits per heavy atom. The Hall–Kier alpha value is -3.48. The van der Waals surface area contributed by atoms with E-state index in [0.29, 0.717) is 11.3 Å². The molecule has 0 spiro atoms. The molecule has 0 aliphatic carbocycles. The predicted octanol–water partition coefficient (Wildman–Crippen LogP) is 3.17. The molecule has 136 valence electrons. The van der Waals surface area contributed by atoms with Gasteiger partial charge in [-0.3, -0.25) is 4.79 Å². The molecule has 4 aromatic rings. The van der Waals surface area contributed by atoms with E-state index in [-0.39, 0.29) is 18.4 Å². The molecule has 0 fully saturated rings. The lowest BCUT2D eigenvalue weighted by Gasteiger charge is -2.25. The van der Waals surface area contributed by atoms with Crippen LogP contribution in [0.25, 0.3) is 16.7 Å². The number of para-hydroxylation sites is 1. The summed E-state index contributed by atoms with van der Waals surface area (Å²) in [5, 5.41) is 9.05. The van der Waals surface area contributed by atoms with Crippen molar-refractivity contribution in [3.8, 4) is 5.69 Å². The predicted molar refractivity (Wildman–Crippen MR) is 100 cm³/mol. The van der Waals surface area contributed by atoms with Crippen LogP contribution in [0, 0.1) is 0 Å². The van der Waals surface area contributed by atoms with Gasteiger partial charge in [0.1, 0.15) is 18.3 Å². The molecule has 0 N–H and O–H groups in total. The van der Waals surface area contributed by atoms with Crippen molar-refractivity contribution in [2.45, 2.75) is 19.4 Å². The zero-order valence-electron chi connectivity index (χ0n) is 15.1. The van der Waals surface area contributed by atoms with Gasteiger partial charge in [0.15, 0.2) is 5.58 Å². The first-order chi connectivity index (χ1) is 13.1. The van der Waals surface area contributed by atoms with Gasteiger partial charge in [-0.05, 0) is 36.8 Å². The second-order valence-electron chi connectivity index (χ2n) is 6.41. The number of nitrogens with zero attached hydrogens (tertiary/aromatic N) is 5. The highest BCUT2D eigenvalue weighted by molar-refractivity contribution is 5.86. The monoisotopic (exact) mass is 361 g/mol. The van der Waals surface area contributed by atoms with Crippen molar-refractivity contribution >= 4 is 16.9 Å². The fourth-order valence-electron chi connectivity index (χ4n) is 3.02. The van der Waals surface area contributed by atoms with Crippen LogP contribution in [0.5, 0.6) is 0 Å². The van der Waals surface area contributed by atoms with Gasteiger partial charge in [0.05, 0.1) is 18.2 Å². The summed E-state index contributed by atoms with van der Waals surface area (Å²) in [6, 6.07) is 15.4. The van der Waals surface area contributed by atoms with E-state index in [4.69, 9.17) is 4.52 Å². The number of hydrogen-bond donors (Lipinski definition) is 0. The largest absolute Gasteiger partial charge is 0.356 e. The summed E-state index contributed by atoms with van der Waals surface area (Å²) >= 11 is 0. The van der Waals surface area contributed by atoms with E-state index < -0.39 is 0 Å². The third-order valence-electron chi connectivity index (χ3n) is 4.80. The normalized spacial score (nSPS) is 12.2. The van der Waals surface area contributed by atoms with Crippen molar-refractivity contribution in [3.63, 3.8) is 0 Å². The zero-order valence-corrected chi connectivity index (χ0v) is 15.1. The van der Waals surface area contributed by atoms with E-state index in [1.165, 1.54) is 6.33 Å². The molecule has 0 aliphatic heterocycles. The average Bonchev–Trinajstić information content (AvgIpc) is 3.38. The van der Waals surface area contributed by atoms with Crippen LogP contribution in [-0.4, -0.2) is 37.8 Å². The highest BCUT2D eigenvalue weighted by Gasteiger charge is 2.20. The number of aromatic nitrogens is 4. The van der Waals surface area contributed by atoms with Crippen molar-refractivity contribution in [1.29, 1.82) is 0 Å². The second-order valence-corrected chi connectivity index (χ2v) is 6.41. The number of likely N-dealkylation sites (N-methyl/N-ethyl adjacent to an activating group) is 1. The molecule has 27 heavy (non-hydrogen) atoms. The van der Waals surface area contributed by atoms with Gasteiger partial charge in [0.2, 0.25) is 5.91 Å². The molecule has 2 heterocycles. The van der Waals surface area contributed by atoms with E-state index in [2.05, 4.69) is 15.2 Å².